The lowest BCUT2D eigenvalue weighted by atomic mass is 10.3. The molecular weight excluding hydrogens is 258 g/mol. The molecule has 0 aliphatic rings. The van der Waals surface area contributed by atoms with Crippen molar-refractivity contribution in [3.05, 3.63) is 33.6 Å². The number of thiazole rings is 1. The Kier molecular flexibility index (Phi) is 2.58. The molecule has 0 atom stereocenters. The second kappa shape index (κ2) is 4.10. The number of oxazole rings is 1. The van der Waals surface area contributed by atoms with Gasteiger partial charge < -0.3 is 10.2 Å². The Morgan fingerprint density at radius 2 is 2.24 bits per heavy atom. The molecule has 0 aliphatic carbocycles. The number of hydrogen-bond acceptors (Lipinski definition) is 5. The number of rotatable bonds is 2. The van der Waals surface area contributed by atoms with Crippen molar-refractivity contribution in [1.29, 1.82) is 0 Å². The SMILES string of the molecule is NCc1nc(-c2nc3cc(Cl)ccc3o2)cs1. The van der Waals surface area contributed by atoms with Gasteiger partial charge in [0.2, 0.25) is 5.89 Å². The number of nitrogens with zero attached hydrogens (tertiary/aromatic N) is 2. The van der Waals surface area contributed by atoms with Crippen molar-refractivity contribution in [2.24, 2.45) is 5.73 Å². The molecule has 4 nitrogen and oxygen atoms in total. The van der Waals surface area contributed by atoms with Crippen LogP contribution in [0.3, 0.4) is 0 Å². The molecule has 0 radical (unpaired) electrons. The van der Waals surface area contributed by atoms with Crippen LogP contribution in [0.25, 0.3) is 22.7 Å². The van der Waals surface area contributed by atoms with Crippen molar-refractivity contribution >= 4 is 34.0 Å². The van der Waals surface area contributed by atoms with Gasteiger partial charge >= 0.3 is 0 Å². The first-order valence-corrected chi connectivity index (χ1v) is 6.23. The summed E-state index contributed by atoms with van der Waals surface area (Å²) in [5.41, 5.74) is 7.66. The molecule has 0 bridgehead atoms. The zero-order chi connectivity index (χ0) is 11.8. The predicted molar refractivity (Wildman–Crippen MR) is 68.0 cm³/mol. The zero-order valence-electron chi connectivity index (χ0n) is 8.68. The van der Waals surface area contributed by atoms with E-state index in [1.807, 2.05) is 5.38 Å². The number of fused-ring (bicyclic) bond motifs is 1. The molecule has 0 saturated carbocycles. The van der Waals surface area contributed by atoms with Crippen LogP contribution < -0.4 is 5.73 Å². The molecule has 2 aromatic heterocycles. The standard InChI is InChI=1S/C11H8ClN3OS/c12-6-1-2-9-7(3-6)15-11(16-9)8-5-17-10(4-13)14-8/h1-3,5H,4,13H2. The van der Waals surface area contributed by atoms with E-state index < -0.39 is 0 Å². The Balaban J connectivity index is 2.11. The fraction of sp³-hybridized carbons (Fsp3) is 0.0909. The minimum atomic E-state index is 0.427. The van der Waals surface area contributed by atoms with E-state index in [9.17, 15) is 0 Å². The summed E-state index contributed by atoms with van der Waals surface area (Å²) in [6, 6.07) is 5.33. The molecule has 17 heavy (non-hydrogen) atoms. The lowest BCUT2D eigenvalue weighted by molar-refractivity contribution is 0.617. The normalized spacial score (nSPS) is 11.2. The van der Waals surface area contributed by atoms with Gasteiger partial charge in [0, 0.05) is 16.9 Å². The molecule has 0 fully saturated rings. The molecular formula is C11H8ClN3OS. The highest BCUT2D eigenvalue weighted by Gasteiger charge is 2.11. The van der Waals surface area contributed by atoms with Crippen LogP contribution in [0.2, 0.25) is 5.02 Å². The number of hydrogen-bond donors (Lipinski definition) is 1. The summed E-state index contributed by atoms with van der Waals surface area (Å²) in [6.07, 6.45) is 0. The van der Waals surface area contributed by atoms with Gasteiger partial charge in [0.25, 0.3) is 0 Å². The van der Waals surface area contributed by atoms with E-state index in [1.165, 1.54) is 11.3 Å². The van der Waals surface area contributed by atoms with E-state index in [-0.39, 0.29) is 0 Å². The Hall–Kier alpha value is -1.43. The summed E-state index contributed by atoms with van der Waals surface area (Å²) >= 11 is 7.38. The van der Waals surface area contributed by atoms with Gasteiger partial charge in [-0.25, -0.2) is 9.97 Å². The molecule has 0 aliphatic heterocycles. The summed E-state index contributed by atoms with van der Waals surface area (Å²) < 4.78 is 5.60. The monoisotopic (exact) mass is 265 g/mol. The van der Waals surface area contributed by atoms with E-state index in [2.05, 4.69) is 9.97 Å². The summed E-state index contributed by atoms with van der Waals surface area (Å²) in [5.74, 6) is 0.498. The van der Waals surface area contributed by atoms with Crippen LogP contribution in [0.5, 0.6) is 0 Å². The maximum atomic E-state index is 5.89. The van der Waals surface area contributed by atoms with E-state index in [4.69, 9.17) is 21.8 Å². The summed E-state index contributed by atoms with van der Waals surface area (Å²) in [5, 5.41) is 3.38. The maximum absolute atomic E-state index is 5.89. The minimum Gasteiger partial charge on any atom is -0.435 e. The molecule has 1 aromatic carbocycles. The van der Waals surface area contributed by atoms with Gasteiger partial charge in [-0.05, 0) is 18.2 Å². The third-order valence-electron chi connectivity index (χ3n) is 2.30. The van der Waals surface area contributed by atoms with Gasteiger partial charge in [-0.15, -0.1) is 11.3 Å². The van der Waals surface area contributed by atoms with Crippen LogP contribution in [0, 0.1) is 0 Å². The van der Waals surface area contributed by atoms with Crippen LogP contribution >= 0.6 is 22.9 Å². The largest absolute Gasteiger partial charge is 0.435 e. The van der Waals surface area contributed by atoms with E-state index in [0.29, 0.717) is 28.7 Å². The summed E-state index contributed by atoms with van der Waals surface area (Å²) in [6.45, 7) is 0.427. The Morgan fingerprint density at radius 1 is 1.35 bits per heavy atom. The van der Waals surface area contributed by atoms with Crippen molar-refractivity contribution in [2.45, 2.75) is 6.54 Å². The highest BCUT2D eigenvalue weighted by molar-refractivity contribution is 7.09. The highest BCUT2D eigenvalue weighted by atomic mass is 35.5. The van der Waals surface area contributed by atoms with E-state index in [0.717, 1.165) is 10.5 Å². The number of halogens is 1. The lowest BCUT2D eigenvalue weighted by Gasteiger charge is -1.86. The van der Waals surface area contributed by atoms with Crippen molar-refractivity contribution in [3.63, 3.8) is 0 Å². The molecule has 3 aromatic rings. The van der Waals surface area contributed by atoms with Crippen molar-refractivity contribution < 1.29 is 4.42 Å². The van der Waals surface area contributed by atoms with Gasteiger partial charge in [-0.2, -0.15) is 0 Å². The number of nitrogens with two attached hydrogens (primary N) is 1. The Labute approximate surface area is 106 Å². The van der Waals surface area contributed by atoms with Crippen LogP contribution in [0.1, 0.15) is 5.01 Å². The van der Waals surface area contributed by atoms with Crippen LogP contribution in [0.15, 0.2) is 28.0 Å². The molecule has 0 amide bonds. The van der Waals surface area contributed by atoms with E-state index in [1.54, 1.807) is 18.2 Å². The second-order valence-corrected chi connectivity index (χ2v) is 4.84. The molecule has 86 valence electrons. The van der Waals surface area contributed by atoms with Gasteiger partial charge in [-0.3, -0.25) is 0 Å². The molecule has 0 unspecified atom stereocenters. The third kappa shape index (κ3) is 1.93. The molecule has 3 rings (SSSR count). The topological polar surface area (TPSA) is 64.9 Å². The fourth-order valence-corrected chi connectivity index (χ4v) is 2.33. The molecule has 2 heterocycles. The number of aromatic nitrogens is 2. The number of benzene rings is 1. The first-order valence-electron chi connectivity index (χ1n) is 4.97. The first-order chi connectivity index (χ1) is 8.26. The summed E-state index contributed by atoms with van der Waals surface area (Å²) in [7, 11) is 0. The fourth-order valence-electron chi connectivity index (χ4n) is 1.51. The maximum Gasteiger partial charge on any atom is 0.247 e. The van der Waals surface area contributed by atoms with Crippen LogP contribution in [0.4, 0.5) is 0 Å². The minimum absolute atomic E-state index is 0.427. The van der Waals surface area contributed by atoms with Gasteiger partial charge in [-0.1, -0.05) is 11.6 Å². The van der Waals surface area contributed by atoms with Gasteiger partial charge in [0.15, 0.2) is 5.58 Å². The van der Waals surface area contributed by atoms with Crippen LogP contribution in [-0.2, 0) is 6.54 Å². The molecule has 0 saturated heterocycles. The average Bonchev–Trinajstić information content (AvgIpc) is 2.93. The average molecular weight is 266 g/mol. The predicted octanol–water partition coefficient (Wildman–Crippen LogP) is 3.06. The Morgan fingerprint density at radius 3 is 3.00 bits per heavy atom. The zero-order valence-corrected chi connectivity index (χ0v) is 10.3. The van der Waals surface area contributed by atoms with Crippen LogP contribution in [-0.4, -0.2) is 9.97 Å². The Bertz CT molecular complexity index is 676. The van der Waals surface area contributed by atoms with Crippen molar-refractivity contribution in [2.75, 3.05) is 0 Å². The van der Waals surface area contributed by atoms with E-state index >= 15 is 0 Å². The second-order valence-electron chi connectivity index (χ2n) is 3.46. The first kappa shape index (κ1) is 10.7. The summed E-state index contributed by atoms with van der Waals surface area (Å²) in [4.78, 5) is 8.66. The lowest BCUT2D eigenvalue weighted by Crippen LogP contribution is -1.94. The van der Waals surface area contributed by atoms with Gasteiger partial charge in [0.1, 0.15) is 16.2 Å². The van der Waals surface area contributed by atoms with Crippen molar-refractivity contribution in [1.82, 2.24) is 9.97 Å². The third-order valence-corrected chi connectivity index (χ3v) is 3.40. The molecule has 2 N–H and O–H groups in total. The molecule has 6 heteroatoms. The van der Waals surface area contributed by atoms with Gasteiger partial charge in [0.05, 0.1) is 0 Å². The quantitative estimate of drug-likeness (QED) is 0.773. The smallest absolute Gasteiger partial charge is 0.247 e. The van der Waals surface area contributed by atoms with Crippen molar-refractivity contribution in [3.8, 4) is 11.6 Å². The highest BCUT2D eigenvalue weighted by Crippen LogP contribution is 2.26. The molecule has 0 spiro atoms.